The molecule has 0 aliphatic carbocycles. The Morgan fingerprint density at radius 2 is 0.629 bits per heavy atom. The van der Waals surface area contributed by atoms with Crippen molar-refractivity contribution in [3.8, 4) is 0 Å². The van der Waals surface area contributed by atoms with Gasteiger partial charge in [-0.15, -0.1) is 0 Å². The number of halogens is 9. The summed E-state index contributed by atoms with van der Waals surface area (Å²) in [6.45, 7) is 0. The third-order valence-corrected chi connectivity index (χ3v) is 3.42. The molecule has 0 atom stereocenters. The Labute approximate surface area is 207 Å². The first-order valence-electron chi connectivity index (χ1n) is 7.70. The van der Waals surface area contributed by atoms with Crippen LogP contribution in [0.15, 0.2) is 12.1 Å². The van der Waals surface area contributed by atoms with Gasteiger partial charge in [-0.05, 0) is 0 Å². The molecule has 0 heterocycles. The molecule has 12 nitrogen and oxygen atoms in total. The van der Waals surface area contributed by atoms with Gasteiger partial charge in [-0.25, -0.2) is 0 Å². The van der Waals surface area contributed by atoms with E-state index in [0.717, 1.165) is 0 Å². The van der Waals surface area contributed by atoms with Gasteiger partial charge in [-0.2, -0.15) is 0 Å². The molecule has 0 bridgehead atoms. The smallest absolute Gasteiger partial charge is 0.402 e. The van der Waals surface area contributed by atoms with Crippen LogP contribution in [0.25, 0.3) is 0 Å². The third-order valence-electron chi connectivity index (χ3n) is 2.35. The fourth-order valence-corrected chi connectivity index (χ4v) is 2.32. The van der Waals surface area contributed by atoms with Crippen LogP contribution in [0.3, 0.4) is 0 Å². The van der Waals surface area contributed by atoms with Crippen molar-refractivity contribution < 1.29 is 99.8 Å². The zero-order valence-corrected chi connectivity index (χ0v) is 18.7. The summed E-state index contributed by atoms with van der Waals surface area (Å²) >= 11 is -0.684. The van der Waals surface area contributed by atoms with Gasteiger partial charge in [-0.3, -0.25) is 0 Å². The summed E-state index contributed by atoms with van der Waals surface area (Å²) in [5.74, 6) is 0. The topological polar surface area (TPSA) is 243 Å². The van der Waals surface area contributed by atoms with Crippen molar-refractivity contribution in [1.82, 2.24) is 0 Å². The molecule has 0 saturated heterocycles. The number of rotatable bonds is 0. The van der Waals surface area contributed by atoms with Gasteiger partial charge in [0.25, 0.3) is 0 Å². The zero-order valence-electron chi connectivity index (χ0n) is 16.7. The Kier molecular flexibility index (Phi) is 22.0. The predicted octanol–water partition coefficient (Wildman–Crippen LogP) is -4.67. The minimum atomic E-state index is -5.28. The quantitative estimate of drug-likeness (QED) is 0.108. The number of alkyl halides is 9. The van der Waals surface area contributed by atoms with Crippen molar-refractivity contribution in [1.29, 1.82) is 0 Å². The molecule has 0 fully saturated rings. The first-order valence-corrected chi connectivity index (χ1v) is 8.70. The summed E-state index contributed by atoms with van der Waals surface area (Å²) in [5.41, 5.74) is -5.74. The molecule has 198 valence electrons. The Morgan fingerprint density at radius 3 is 0.743 bits per heavy atom. The molecule has 12 N–H and O–H groups in total. The van der Waals surface area contributed by atoms with Crippen molar-refractivity contribution in [3.63, 3.8) is 0 Å². The minimum absolute atomic E-state index is 0.294. The van der Waals surface area contributed by atoms with Gasteiger partial charge >= 0.3 is 147 Å². The Balaban J connectivity index is -0.000000244. The molecule has 0 saturated carbocycles. The van der Waals surface area contributed by atoms with E-state index in [1.54, 1.807) is 0 Å². The molecule has 1 rings (SSSR count). The molecule has 0 aromatic heterocycles. The minimum Gasteiger partial charge on any atom is -0.402 e. The fraction of sp³-hybridized carbons (Fsp3) is 0.333. The molecule has 35 heavy (non-hydrogen) atoms. The van der Waals surface area contributed by atoms with E-state index < -0.39 is 95.2 Å². The van der Waals surface area contributed by atoms with E-state index >= 15 is 0 Å². The zero-order chi connectivity index (χ0) is 29.5. The maximum Gasteiger partial charge on any atom is 0.631 e. The first-order chi connectivity index (χ1) is 15.2. The number of benzene rings is 1. The Morgan fingerprint density at radius 1 is 0.457 bits per heavy atom. The fourth-order valence-electron chi connectivity index (χ4n) is 1.47. The summed E-state index contributed by atoms with van der Waals surface area (Å²) in [6, 6.07) is -0.588. The van der Waals surface area contributed by atoms with Gasteiger partial charge in [0.2, 0.25) is 0 Å². The Bertz CT molecular complexity index is 621. The Hall–Kier alpha value is -0.630. The maximum atomic E-state index is 12.5. The van der Waals surface area contributed by atoms with Gasteiger partial charge in [0.1, 0.15) is 0 Å². The van der Waals surface area contributed by atoms with Crippen molar-refractivity contribution in [2.24, 2.45) is 0 Å². The summed E-state index contributed by atoms with van der Waals surface area (Å²) in [5, 5.41) is 86.0. The first kappa shape index (κ1) is 41.5. The van der Waals surface area contributed by atoms with Crippen LogP contribution in [-0.4, -0.2) is 118 Å². The van der Waals surface area contributed by atoms with Crippen LogP contribution in [0.1, 0.15) is 16.7 Å². The average Bonchev–Trinajstić information content (AvgIpc) is 2.49. The average molecular weight is 551 g/mol. The molecule has 0 aliphatic heterocycles. The second-order valence-corrected chi connectivity index (χ2v) is 6.08. The number of hydrogen-bond acceptors (Lipinski definition) is 12. The summed E-state index contributed by atoms with van der Waals surface area (Å²) < 4.78 is 111. The standard InChI is InChI=1S/C9H2F9.4BH3O3.Na/c10-7(11,12)4-1-5(8(13,14)15)3-6(2-4)9(16,17)18;4*2-1(3)4;/h1-2H;4*2-4H;. The molecule has 1 aromatic carbocycles. The molecule has 0 radical (unpaired) electrons. The predicted molar refractivity (Wildman–Crippen MR) is 96.5 cm³/mol. The van der Waals surface area contributed by atoms with E-state index in [4.69, 9.17) is 60.3 Å². The van der Waals surface area contributed by atoms with E-state index in [-0.39, 0.29) is 12.1 Å². The van der Waals surface area contributed by atoms with Crippen LogP contribution >= 0.6 is 0 Å². The van der Waals surface area contributed by atoms with E-state index in [2.05, 4.69) is 0 Å². The molecular weight excluding hydrogens is 537 g/mol. The van der Waals surface area contributed by atoms with E-state index in [9.17, 15) is 39.5 Å². The van der Waals surface area contributed by atoms with Crippen LogP contribution in [0.5, 0.6) is 0 Å². The summed E-state index contributed by atoms with van der Waals surface area (Å²) in [6.07, 6.45) is -15.8. The SMILES string of the molecule is FC(F)(F)c1cc(C(F)(F)F)[c]([Na])c(C(F)(F)F)c1.OB(O)O.OB(O)O.OB(O)O.OB(O)O. The van der Waals surface area contributed by atoms with Crippen molar-refractivity contribution in [2.45, 2.75) is 18.5 Å². The molecule has 0 amide bonds. The largest absolute Gasteiger partial charge is 0.631 e. The third kappa shape index (κ3) is 29.5. The molecular formula is C9H14B4F9NaO12. The van der Waals surface area contributed by atoms with E-state index in [0.29, 0.717) is 0 Å². The van der Waals surface area contributed by atoms with Gasteiger partial charge < -0.3 is 60.3 Å². The maximum absolute atomic E-state index is 12.5. The molecule has 26 heteroatoms. The van der Waals surface area contributed by atoms with Crippen LogP contribution in [0.4, 0.5) is 39.5 Å². The van der Waals surface area contributed by atoms with Gasteiger partial charge in [-0.1, -0.05) is 0 Å². The number of hydrogen-bond donors (Lipinski definition) is 12. The van der Waals surface area contributed by atoms with Gasteiger partial charge in [0.05, 0.1) is 0 Å². The summed E-state index contributed by atoms with van der Waals surface area (Å²) in [7, 11) is -8.67. The monoisotopic (exact) mass is 552 g/mol. The van der Waals surface area contributed by atoms with Crippen LogP contribution in [-0.2, 0) is 18.5 Å². The van der Waals surface area contributed by atoms with Crippen LogP contribution in [0, 0.1) is 0 Å². The van der Waals surface area contributed by atoms with E-state index in [1.807, 2.05) is 0 Å². The van der Waals surface area contributed by atoms with Crippen molar-refractivity contribution >= 4 is 60.0 Å². The normalized spacial score (nSPS) is 10.6. The molecule has 0 spiro atoms. The second kappa shape index (κ2) is 18.6. The molecule has 1 aromatic rings. The van der Waals surface area contributed by atoms with Crippen LogP contribution < -0.4 is 2.81 Å². The molecule has 0 aliphatic rings. The van der Waals surface area contributed by atoms with Gasteiger partial charge in [0.15, 0.2) is 0 Å². The van der Waals surface area contributed by atoms with Crippen LogP contribution in [0.2, 0.25) is 0 Å². The van der Waals surface area contributed by atoms with Crippen molar-refractivity contribution in [2.75, 3.05) is 0 Å². The van der Waals surface area contributed by atoms with Crippen molar-refractivity contribution in [3.05, 3.63) is 28.8 Å². The van der Waals surface area contributed by atoms with Gasteiger partial charge in [0, 0.05) is 0 Å². The second-order valence-electron chi connectivity index (χ2n) is 5.08. The summed E-state index contributed by atoms with van der Waals surface area (Å²) in [4.78, 5) is 0. The van der Waals surface area contributed by atoms with E-state index in [1.165, 1.54) is 0 Å². The molecule has 0 unspecified atom stereocenters.